The topological polar surface area (TPSA) is 55.2 Å². The van der Waals surface area contributed by atoms with Gasteiger partial charge in [0.1, 0.15) is 0 Å². The minimum Gasteiger partial charge on any atom is -0.381 e. The lowest BCUT2D eigenvalue weighted by atomic mass is 10.1. The molecule has 0 aromatic heterocycles. The van der Waals surface area contributed by atoms with E-state index in [-0.39, 0.29) is 5.69 Å². The molecule has 0 radical (unpaired) electrons. The minimum atomic E-state index is -0.394. The molecule has 2 rings (SSSR count). The van der Waals surface area contributed by atoms with Gasteiger partial charge >= 0.3 is 0 Å². The number of nitrogens with one attached hydrogen (secondary N) is 1. The van der Waals surface area contributed by atoms with Crippen LogP contribution in [0.25, 0.3) is 0 Å². The minimum absolute atomic E-state index is 0.0792. The second-order valence-electron chi connectivity index (χ2n) is 4.75. The molecule has 1 N–H and O–H groups in total. The van der Waals surface area contributed by atoms with E-state index in [0.29, 0.717) is 16.8 Å². The zero-order valence-electron chi connectivity index (χ0n) is 10.2. The molecular formula is C13H17ClN2O2. The predicted octanol–water partition coefficient (Wildman–Crippen LogP) is 4.38. The van der Waals surface area contributed by atoms with Crippen molar-refractivity contribution >= 4 is 23.0 Å². The van der Waals surface area contributed by atoms with Gasteiger partial charge in [0, 0.05) is 18.2 Å². The monoisotopic (exact) mass is 268 g/mol. The molecule has 0 spiro atoms. The molecular weight excluding hydrogens is 252 g/mol. The number of rotatable bonds is 3. The van der Waals surface area contributed by atoms with Crippen molar-refractivity contribution in [2.24, 2.45) is 0 Å². The molecule has 98 valence electrons. The van der Waals surface area contributed by atoms with Crippen molar-refractivity contribution in [2.45, 2.75) is 44.6 Å². The van der Waals surface area contributed by atoms with Gasteiger partial charge in [0.25, 0.3) is 5.69 Å². The Bertz CT molecular complexity index is 429. The largest absolute Gasteiger partial charge is 0.381 e. The Hall–Kier alpha value is -1.29. The number of hydrogen-bond donors (Lipinski definition) is 1. The summed E-state index contributed by atoms with van der Waals surface area (Å²) in [4.78, 5) is 10.4. The van der Waals surface area contributed by atoms with Crippen LogP contribution in [0, 0.1) is 10.1 Å². The van der Waals surface area contributed by atoms with Crippen LogP contribution in [0.4, 0.5) is 11.4 Å². The third-order valence-electron chi connectivity index (χ3n) is 3.38. The molecule has 0 amide bonds. The maximum Gasteiger partial charge on any atom is 0.271 e. The van der Waals surface area contributed by atoms with Gasteiger partial charge in [-0.2, -0.15) is 0 Å². The number of benzene rings is 1. The Balaban J connectivity index is 2.11. The standard InChI is InChI=1S/C13H17ClN2O2/c14-12-8-7-11(16(17)18)9-13(12)15-10-5-3-1-2-4-6-10/h7-10,15H,1-6H2. The van der Waals surface area contributed by atoms with Gasteiger partial charge in [0.05, 0.1) is 15.6 Å². The maximum absolute atomic E-state index is 10.7. The molecule has 1 aromatic rings. The Morgan fingerprint density at radius 1 is 1.22 bits per heavy atom. The number of nitrogens with zero attached hydrogens (tertiary/aromatic N) is 1. The number of halogens is 1. The van der Waals surface area contributed by atoms with E-state index in [4.69, 9.17) is 11.6 Å². The fraction of sp³-hybridized carbons (Fsp3) is 0.538. The first-order valence-corrected chi connectivity index (χ1v) is 6.75. The number of anilines is 1. The highest BCUT2D eigenvalue weighted by Gasteiger charge is 2.15. The first-order chi connectivity index (χ1) is 8.66. The zero-order chi connectivity index (χ0) is 13.0. The summed E-state index contributed by atoms with van der Waals surface area (Å²) in [6.45, 7) is 0. The van der Waals surface area contributed by atoms with Crippen molar-refractivity contribution in [2.75, 3.05) is 5.32 Å². The summed E-state index contributed by atoms with van der Waals surface area (Å²) >= 11 is 6.08. The van der Waals surface area contributed by atoms with E-state index in [1.807, 2.05) is 0 Å². The van der Waals surface area contributed by atoms with Crippen LogP contribution >= 0.6 is 11.6 Å². The molecule has 1 fully saturated rings. The fourth-order valence-electron chi connectivity index (χ4n) is 2.38. The summed E-state index contributed by atoms with van der Waals surface area (Å²) < 4.78 is 0. The number of nitro groups is 1. The van der Waals surface area contributed by atoms with E-state index in [9.17, 15) is 10.1 Å². The Morgan fingerprint density at radius 3 is 2.50 bits per heavy atom. The highest BCUT2D eigenvalue weighted by atomic mass is 35.5. The van der Waals surface area contributed by atoms with Gasteiger partial charge in [-0.25, -0.2) is 0 Å². The van der Waals surface area contributed by atoms with Crippen LogP contribution in [0.3, 0.4) is 0 Å². The van der Waals surface area contributed by atoms with Crippen LogP contribution in [-0.2, 0) is 0 Å². The van der Waals surface area contributed by atoms with Gasteiger partial charge in [-0.15, -0.1) is 0 Å². The predicted molar refractivity (Wildman–Crippen MR) is 73.2 cm³/mol. The van der Waals surface area contributed by atoms with Gasteiger partial charge in [-0.1, -0.05) is 37.3 Å². The van der Waals surface area contributed by atoms with Gasteiger partial charge in [-0.05, 0) is 18.9 Å². The SMILES string of the molecule is O=[N+]([O-])c1ccc(Cl)c(NC2CCCCCC2)c1. The Morgan fingerprint density at radius 2 is 1.89 bits per heavy atom. The first kappa shape index (κ1) is 13.1. The average Bonchev–Trinajstić information content (AvgIpc) is 2.60. The molecule has 1 aliphatic rings. The molecule has 0 heterocycles. The van der Waals surface area contributed by atoms with Crippen molar-refractivity contribution < 1.29 is 4.92 Å². The van der Waals surface area contributed by atoms with Crippen LogP contribution in [-0.4, -0.2) is 11.0 Å². The summed E-state index contributed by atoms with van der Waals surface area (Å²) in [5.74, 6) is 0. The fourth-order valence-corrected chi connectivity index (χ4v) is 2.55. The highest BCUT2D eigenvalue weighted by Crippen LogP contribution is 2.29. The average molecular weight is 269 g/mol. The van der Waals surface area contributed by atoms with Crippen molar-refractivity contribution in [1.82, 2.24) is 0 Å². The molecule has 0 aliphatic heterocycles. The van der Waals surface area contributed by atoms with Crippen molar-refractivity contribution in [3.05, 3.63) is 33.3 Å². The molecule has 18 heavy (non-hydrogen) atoms. The van der Waals surface area contributed by atoms with Gasteiger partial charge < -0.3 is 5.32 Å². The molecule has 5 heteroatoms. The zero-order valence-corrected chi connectivity index (χ0v) is 10.9. The van der Waals surface area contributed by atoms with E-state index >= 15 is 0 Å². The van der Waals surface area contributed by atoms with E-state index < -0.39 is 4.92 Å². The van der Waals surface area contributed by atoms with Crippen LogP contribution in [0.15, 0.2) is 18.2 Å². The summed E-state index contributed by atoms with van der Waals surface area (Å²) in [7, 11) is 0. The van der Waals surface area contributed by atoms with Gasteiger partial charge in [-0.3, -0.25) is 10.1 Å². The Labute approximate surface area is 111 Å². The molecule has 0 unspecified atom stereocenters. The molecule has 0 bridgehead atoms. The first-order valence-electron chi connectivity index (χ1n) is 6.37. The summed E-state index contributed by atoms with van der Waals surface area (Å²) in [5.41, 5.74) is 0.758. The molecule has 0 saturated heterocycles. The number of non-ortho nitro benzene ring substituents is 1. The lowest BCUT2D eigenvalue weighted by Gasteiger charge is -2.18. The van der Waals surface area contributed by atoms with Crippen molar-refractivity contribution in [1.29, 1.82) is 0 Å². The van der Waals surface area contributed by atoms with E-state index in [1.54, 1.807) is 6.07 Å². The molecule has 0 atom stereocenters. The second-order valence-corrected chi connectivity index (χ2v) is 5.16. The molecule has 1 saturated carbocycles. The van der Waals surface area contributed by atoms with Crippen LogP contribution in [0.2, 0.25) is 5.02 Å². The number of nitro benzene ring substituents is 1. The molecule has 4 nitrogen and oxygen atoms in total. The van der Waals surface area contributed by atoms with Crippen LogP contribution < -0.4 is 5.32 Å². The quantitative estimate of drug-likeness (QED) is 0.503. The maximum atomic E-state index is 10.7. The lowest BCUT2D eigenvalue weighted by molar-refractivity contribution is -0.384. The smallest absolute Gasteiger partial charge is 0.271 e. The van der Waals surface area contributed by atoms with E-state index in [0.717, 1.165) is 12.8 Å². The van der Waals surface area contributed by atoms with Gasteiger partial charge in [0.15, 0.2) is 0 Å². The lowest BCUT2D eigenvalue weighted by Crippen LogP contribution is -2.18. The summed E-state index contributed by atoms with van der Waals surface area (Å²) in [5, 5.41) is 14.6. The third-order valence-corrected chi connectivity index (χ3v) is 3.71. The van der Waals surface area contributed by atoms with E-state index in [1.165, 1.54) is 37.8 Å². The van der Waals surface area contributed by atoms with Crippen molar-refractivity contribution in [3.8, 4) is 0 Å². The summed E-state index contributed by atoms with van der Waals surface area (Å²) in [6.07, 6.45) is 7.20. The normalized spacial score (nSPS) is 17.2. The Kier molecular flexibility index (Phi) is 4.42. The summed E-state index contributed by atoms with van der Waals surface area (Å²) in [6, 6.07) is 4.92. The van der Waals surface area contributed by atoms with Crippen molar-refractivity contribution in [3.63, 3.8) is 0 Å². The molecule has 1 aromatic carbocycles. The van der Waals surface area contributed by atoms with Gasteiger partial charge in [0.2, 0.25) is 0 Å². The second kappa shape index (κ2) is 6.05. The van der Waals surface area contributed by atoms with Crippen LogP contribution in [0.1, 0.15) is 38.5 Å². The highest BCUT2D eigenvalue weighted by molar-refractivity contribution is 6.33. The molecule has 1 aliphatic carbocycles. The van der Waals surface area contributed by atoms with E-state index in [2.05, 4.69) is 5.32 Å². The van der Waals surface area contributed by atoms with Crippen LogP contribution in [0.5, 0.6) is 0 Å². The number of hydrogen-bond acceptors (Lipinski definition) is 3. The third kappa shape index (κ3) is 3.35.